The van der Waals surface area contributed by atoms with E-state index in [-0.39, 0.29) is 23.4 Å². The van der Waals surface area contributed by atoms with E-state index in [9.17, 15) is 0 Å². The summed E-state index contributed by atoms with van der Waals surface area (Å²) in [6, 6.07) is 8.34. The summed E-state index contributed by atoms with van der Waals surface area (Å²) in [7, 11) is 1.62. The van der Waals surface area contributed by atoms with Crippen LogP contribution in [0, 0.1) is 6.42 Å². The van der Waals surface area contributed by atoms with Gasteiger partial charge < -0.3 is 28.1 Å². The minimum Gasteiger partial charge on any atom is -0.468 e. The fraction of sp³-hybridized carbons (Fsp3) is 0.767. The molecule has 8 heteroatoms. The number of benzene rings is 1. The molecular weight excluding hydrogens is 516 g/mol. The number of methoxy groups -OCH3 is 2. The van der Waals surface area contributed by atoms with Crippen LogP contribution in [0.2, 0.25) is 18.1 Å². The van der Waals surface area contributed by atoms with Crippen LogP contribution in [-0.4, -0.2) is 73.6 Å². The number of hydrogen-bond donors (Lipinski definition) is 0. The van der Waals surface area contributed by atoms with Crippen LogP contribution < -0.4 is 4.74 Å². The fourth-order valence-corrected chi connectivity index (χ4v) is 5.59. The second-order valence-electron chi connectivity index (χ2n) is 11.4. The van der Waals surface area contributed by atoms with Gasteiger partial charge in [-0.2, -0.15) is 11.8 Å². The van der Waals surface area contributed by atoms with Gasteiger partial charge in [0.1, 0.15) is 12.5 Å². The highest BCUT2D eigenvalue weighted by molar-refractivity contribution is 7.99. The van der Waals surface area contributed by atoms with Crippen molar-refractivity contribution < 1.29 is 28.1 Å². The summed E-state index contributed by atoms with van der Waals surface area (Å²) in [4.78, 5) is 0. The van der Waals surface area contributed by atoms with Gasteiger partial charge in [0, 0.05) is 20.0 Å². The van der Waals surface area contributed by atoms with E-state index in [1.165, 1.54) is 5.56 Å². The molecule has 6 nitrogen and oxygen atoms in total. The average molecular weight is 572 g/mol. The van der Waals surface area contributed by atoms with E-state index >= 15 is 0 Å². The lowest BCUT2D eigenvalue weighted by molar-refractivity contribution is -0.0745. The summed E-state index contributed by atoms with van der Waals surface area (Å²) in [6.45, 7) is 18.6. The highest BCUT2D eigenvalue weighted by Crippen LogP contribution is 2.36. The van der Waals surface area contributed by atoms with Crippen molar-refractivity contribution in [2.75, 3.05) is 59.1 Å². The Balaban J connectivity index is 2.35. The summed E-state index contributed by atoms with van der Waals surface area (Å²) in [5.41, 5.74) is 1.30. The van der Waals surface area contributed by atoms with Crippen LogP contribution in [0.15, 0.2) is 24.3 Å². The molecule has 0 heterocycles. The van der Waals surface area contributed by atoms with E-state index in [0.717, 1.165) is 49.5 Å². The Kier molecular flexibility index (Phi) is 17.4. The number of hydrogen-bond acceptors (Lipinski definition) is 7. The Bertz CT molecular complexity index is 724. The molecule has 38 heavy (non-hydrogen) atoms. The summed E-state index contributed by atoms with van der Waals surface area (Å²) in [5, 5.41) is 0.238. The molecule has 1 aromatic carbocycles. The van der Waals surface area contributed by atoms with E-state index in [1.54, 1.807) is 14.2 Å². The minimum absolute atomic E-state index is 0.00593. The Hall–Kier alpha value is -0.613. The van der Waals surface area contributed by atoms with E-state index in [1.807, 2.05) is 23.9 Å². The lowest BCUT2D eigenvalue weighted by atomic mass is 9.76. The third-order valence-electron chi connectivity index (χ3n) is 7.55. The molecule has 0 aliphatic rings. The number of thioether (sulfide) groups is 1. The Morgan fingerprint density at radius 2 is 1.58 bits per heavy atom. The first kappa shape index (κ1) is 35.4. The molecule has 0 aliphatic heterocycles. The number of rotatable bonds is 22. The third-order valence-corrected chi connectivity index (χ3v) is 13.1. The second-order valence-corrected chi connectivity index (χ2v) is 17.5. The molecule has 0 N–H and O–H groups in total. The van der Waals surface area contributed by atoms with E-state index < -0.39 is 8.32 Å². The van der Waals surface area contributed by atoms with E-state index in [2.05, 4.69) is 66.3 Å². The van der Waals surface area contributed by atoms with Gasteiger partial charge >= 0.3 is 0 Å². The smallest absolute Gasteiger partial charge is 0.192 e. The zero-order chi connectivity index (χ0) is 28.5. The zero-order valence-corrected chi connectivity index (χ0v) is 27.4. The van der Waals surface area contributed by atoms with Crippen LogP contribution in [0.1, 0.15) is 65.9 Å². The maximum atomic E-state index is 6.17. The van der Waals surface area contributed by atoms with E-state index in [4.69, 9.17) is 28.1 Å². The summed E-state index contributed by atoms with van der Waals surface area (Å²) < 4.78 is 33.7. The van der Waals surface area contributed by atoms with Crippen molar-refractivity contribution >= 4 is 20.1 Å². The molecule has 0 aromatic heterocycles. The molecule has 0 amide bonds. The van der Waals surface area contributed by atoms with Crippen LogP contribution in [-0.2, 0) is 28.8 Å². The lowest BCUT2D eigenvalue weighted by Gasteiger charge is -2.36. The summed E-state index contributed by atoms with van der Waals surface area (Å²) in [6.07, 6.45) is 6.63. The quantitative estimate of drug-likeness (QED) is 0.0813. The molecule has 0 saturated carbocycles. The topological polar surface area (TPSA) is 55.4 Å². The van der Waals surface area contributed by atoms with Crippen molar-refractivity contribution in [3.05, 3.63) is 36.2 Å². The van der Waals surface area contributed by atoms with Crippen molar-refractivity contribution in [3.8, 4) is 5.75 Å². The maximum Gasteiger partial charge on any atom is 0.192 e. The van der Waals surface area contributed by atoms with E-state index in [0.29, 0.717) is 20.0 Å². The molecule has 0 spiro atoms. The Morgan fingerprint density at radius 3 is 2.18 bits per heavy atom. The summed E-state index contributed by atoms with van der Waals surface area (Å²) >= 11 is 1.92. The van der Waals surface area contributed by atoms with Crippen molar-refractivity contribution in [1.82, 2.24) is 0 Å². The van der Waals surface area contributed by atoms with Crippen molar-refractivity contribution in [3.63, 3.8) is 0 Å². The Labute approximate surface area is 238 Å². The van der Waals surface area contributed by atoms with Gasteiger partial charge in [0.2, 0.25) is 0 Å². The monoisotopic (exact) mass is 571 g/mol. The third kappa shape index (κ3) is 13.6. The molecule has 1 rings (SSSR count). The van der Waals surface area contributed by atoms with Crippen LogP contribution >= 0.6 is 11.8 Å². The SMILES string of the molecule is CCC(C)([CH]CCC(CCSCCOCCO[Si](C)(C)C(C)(C)C)OCOC)c1ccc(OCOC)cc1. The van der Waals surface area contributed by atoms with Crippen LogP contribution in [0.5, 0.6) is 5.75 Å². The molecule has 1 aromatic rings. The van der Waals surface area contributed by atoms with Gasteiger partial charge in [0.05, 0.1) is 25.9 Å². The standard InChI is InChI=1S/C30H55O6SSi/c1-10-30(5,26-13-15-28(16-14-26)35-25-32-7)18-11-12-27(34-24-31-6)17-22-37-23-21-33-19-20-36-38(8,9)29(2,3)4/h13-16,18,27H,10-12,17,19-25H2,1-9H3. The van der Waals surface area contributed by atoms with Gasteiger partial charge in [-0.25, -0.2) is 0 Å². The van der Waals surface area contributed by atoms with Crippen molar-refractivity contribution in [1.29, 1.82) is 0 Å². The molecule has 221 valence electrons. The fourth-order valence-electron chi connectivity index (χ4n) is 3.70. The highest BCUT2D eigenvalue weighted by Gasteiger charge is 2.36. The normalized spacial score (nSPS) is 14.9. The molecule has 0 fully saturated rings. The molecular formula is C30H55O6SSi. The molecule has 2 unspecified atom stereocenters. The van der Waals surface area contributed by atoms with Gasteiger partial charge in [-0.3, -0.25) is 0 Å². The van der Waals surface area contributed by atoms with Crippen LogP contribution in [0.25, 0.3) is 0 Å². The van der Waals surface area contributed by atoms with Crippen molar-refractivity contribution in [2.45, 2.75) is 90.0 Å². The summed E-state index contributed by atoms with van der Waals surface area (Å²) in [5.74, 6) is 2.86. The molecule has 2 atom stereocenters. The van der Waals surface area contributed by atoms with Crippen LogP contribution in [0.3, 0.4) is 0 Å². The van der Waals surface area contributed by atoms with Gasteiger partial charge in [-0.15, -0.1) is 0 Å². The predicted octanol–water partition coefficient (Wildman–Crippen LogP) is 7.47. The zero-order valence-electron chi connectivity index (χ0n) is 25.6. The first-order valence-electron chi connectivity index (χ1n) is 14.0. The first-order valence-corrected chi connectivity index (χ1v) is 18.0. The molecule has 0 bridgehead atoms. The molecule has 0 aliphatic carbocycles. The van der Waals surface area contributed by atoms with Crippen LogP contribution in [0.4, 0.5) is 0 Å². The minimum atomic E-state index is -1.68. The average Bonchev–Trinajstić information content (AvgIpc) is 2.88. The van der Waals surface area contributed by atoms with Crippen molar-refractivity contribution in [2.24, 2.45) is 0 Å². The maximum absolute atomic E-state index is 6.17. The lowest BCUT2D eigenvalue weighted by Crippen LogP contribution is -2.41. The van der Waals surface area contributed by atoms with Gasteiger partial charge in [-0.05, 0) is 79.1 Å². The Morgan fingerprint density at radius 1 is 0.895 bits per heavy atom. The van der Waals surface area contributed by atoms with Gasteiger partial charge in [0.25, 0.3) is 0 Å². The van der Waals surface area contributed by atoms with Gasteiger partial charge in [-0.1, -0.05) is 46.8 Å². The second kappa shape index (κ2) is 18.7. The molecule has 0 saturated heterocycles. The first-order chi connectivity index (χ1) is 18.0. The number of ether oxygens (including phenoxy) is 5. The predicted molar refractivity (Wildman–Crippen MR) is 163 cm³/mol. The molecule has 1 radical (unpaired) electrons. The highest BCUT2D eigenvalue weighted by atomic mass is 32.2. The largest absolute Gasteiger partial charge is 0.468 e. The van der Waals surface area contributed by atoms with Gasteiger partial charge in [0.15, 0.2) is 15.1 Å².